The highest BCUT2D eigenvalue weighted by molar-refractivity contribution is 14.0. The van der Waals surface area contributed by atoms with Crippen molar-refractivity contribution in [1.82, 2.24) is 10.2 Å². The lowest BCUT2D eigenvalue weighted by atomic mass is 9.95. The van der Waals surface area contributed by atoms with Gasteiger partial charge in [-0.25, -0.2) is 4.39 Å². The number of nitrogens with two attached hydrogens (primary N) is 1. The van der Waals surface area contributed by atoms with Crippen molar-refractivity contribution in [2.24, 2.45) is 16.6 Å². The maximum atomic E-state index is 13.3. The summed E-state index contributed by atoms with van der Waals surface area (Å²) in [6.45, 7) is 3.35. The molecule has 1 heterocycles. The molecule has 3 N–H and O–H groups in total. The van der Waals surface area contributed by atoms with Gasteiger partial charge in [-0.3, -0.25) is 9.79 Å². The molecule has 0 saturated carbocycles. The van der Waals surface area contributed by atoms with E-state index in [9.17, 15) is 9.18 Å². The van der Waals surface area contributed by atoms with Crippen molar-refractivity contribution in [3.8, 4) is 0 Å². The van der Waals surface area contributed by atoms with E-state index in [2.05, 4.69) is 15.2 Å². The molecule has 2 rings (SSSR count). The van der Waals surface area contributed by atoms with Gasteiger partial charge in [-0.2, -0.15) is 0 Å². The summed E-state index contributed by atoms with van der Waals surface area (Å²) in [6.07, 6.45) is 3.42. The summed E-state index contributed by atoms with van der Waals surface area (Å²) in [7, 11) is 3.74. The fourth-order valence-electron chi connectivity index (χ4n) is 3.40. The molecule has 1 amide bonds. The van der Waals surface area contributed by atoms with E-state index in [0.29, 0.717) is 12.3 Å². The first kappa shape index (κ1) is 23.5. The number of anilines is 1. The van der Waals surface area contributed by atoms with Crippen LogP contribution < -0.4 is 16.0 Å². The van der Waals surface area contributed by atoms with Gasteiger partial charge in [0.25, 0.3) is 0 Å². The maximum absolute atomic E-state index is 13.3. The molecule has 1 aromatic rings. The zero-order chi connectivity index (χ0) is 18.9. The van der Waals surface area contributed by atoms with Crippen LogP contribution in [-0.2, 0) is 4.79 Å². The van der Waals surface area contributed by atoms with Crippen LogP contribution in [0.1, 0.15) is 25.7 Å². The van der Waals surface area contributed by atoms with Gasteiger partial charge in [-0.15, -0.1) is 24.0 Å². The molecular weight excluding hydrogens is 460 g/mol. The summed E-state index contributed by atoms with van der Waals surface area (Å²) in [4.78, 5) is 19.8. The quantitative estimate of drug-likeness (QED) is 0.266. The average molecular weight is 491 g/mol. The lowest BCUT2D eigenvalue weighted by molar-refractivity contribution is -0.119. The number of benzene rings is 1. The van der Waals surface area contributed by atoms with Gasteiger partial charge in [0.1, 0.15) is 5.82 Å². The highest BCUT2D eigenvalue weighted by atomic mass is 127. The van der Waals surface area contributed by atoms with Gasteiger partial charge in [0, 0.05) is 52.4 Å². The highest BCUT2D eigenvalue weighted by Gasteiger charge is 2.23. The normalized spacial score (nSPS) is 17.2. The van der Waals surface area contributed by atoms with Gasteiger partial charge in [-0.1, -0.05) is 6.07 Å². The Hall–Kier alpha value is -1.58. The third-order valence-electron chi connectivity index (χ3n) is 4.72. The maximum Gasteiger partial charge on any atom is 0.217 e. The molecule has 1 aliphatic heterocycles. The smallest absolute Gasteiger partial charge is 0.217 e. The molecule has 1 saturated heterocycles. The second-order valence-corrected chi connectivity index (χ2v) is 6.85. The standard InChI is InChI=1S/C19H30FN5O.HI/c1-22-19(25-11-4-6-15(14-25)12-18(21)26)23-9-5-10-24(2)17-8-3-7-16(20)13-17;/h3,7-8,13,15H,4-6,9-12,14H2,1-2H3,(H2,21,26)(H,22,23);1H. The Morgan fingerprint density at radius 2 is 2.26 bits per heavy atom. The first-order valence-electron chi connectivity index (χ1n) is 9.20. The number of carbonyl (C=O) groups excluding carboxylic acids is 1. The van der Waals surface area contributed by atoms with Gasteiger partial charge in [0.05, 0.1) is 0 Å². The van der Waals surface area contributed by atoms with Gasteiger partial charge >= 0.3 is 0 Å². The Morgan fingerprint density at radius 3 is 2.93 bits per heavy atom. The SMILES string of the molecule is CN=C(NCCCN(C)c1cccc(F)c1)N1CCCC(CC(N)=O)C1.I. The molecule has 1 atom stereocenters. The minimum Gasteiger partial charge on any atom is -0.374 e. The Balaban J connectivity index is 0.00000364. The van der Waals surface area contributed by atoms with E-state index < -0.39 is 0 Å². The van der Waals surface area contributed by atoms with Crippen LogP contribution in [0.4, 0.5) is 10.1 Å². The Labute approximate surface area is 178 Å². The molecule has 0 aliphatic carbocycles. The van der Waals surface area contributed by atoms with Crippen molar-refractivity contribution in [2.45, 2.75) is 25.7 Å². The summed E-state index contributed by atoms with van der Waals surface area (Å²) in [6, 6.07) is 6.62. The lowest BCUT2D eigenvalue weighted by Crippen LogP contribution is -2.47. The van der Waals surface area contributed by atoms with Gasteiger partial charge in [0.2, 0.25) is 5.91 Å². The number of guanidine groups is 1. The topological polar surface area (TPSA) is 74.0 Å². The van der Waals surface area contributed by atoms with Gasteiger partial charge in [0.15, 0.2) is 5.96 Å². The average Bonchev–Trinajstić information content (AvgIpc) is 2.61. The van der Waals surface area contributed by atoms with E-state index in [1.54, 1.807) is 19.2 Å². The van der Waals surface area contributed by atoms with E-state index in [4.69, 9.17) is 5.73 Å². The molecule has 1 aromatic carbocycles. The van der Waals surface area contributed by atoms with Crippen molar-refractivity contribution in [3.63, 3.8) is 0 Å². The van der Waals surface area contributed by atoms with Crippen molar-refractivity contribution in [3.05, 3.63) is 30.1 Å². The number of nitrogens with zero attached hydrogens (tertiary/aromatic N) is 3. The zero-order valence-corrected chi connectivity index (χ0v) is 18.5. The molecule has 1 fully saturated rings. The second-order valence-electron chi connectivity index (χ2n) is 6.85. The van der Waals surface area contributed by atoms with Crippen molar-refractivity contribution in [2.75, 3.05) is 45.2 Å². The number of hydrogen-bond donors (Lipinski definition) is 2. The Bertz CT molecular complexity index is 628. The molecule has 6 nitrogen and oxygen atoms in total. The molecular formula is C19H31FIN5O. The molecule has 27 heavy (non-hydrogen) atoms. The third kappa shape index (κ3) is 7.90. The summed E-state index contributed by atoms with van der Waals surface area (Å²) in [5, 5.41) is 3.39. The first-order chi connectivity index (χ1) is 12.5. The van der Waals surface area contributed by atoms with E-state index >= 15 is 0 Å². The number of likely N-dealkylation sites (tertiary alicyclic amines) is 1. The van der Waals surface area contributed by atoms with Crippen LogP contribution in [0.15, 0.2) is 29.3 Å². The van der Waals surface area contributed by atoms with E-state index in [-0.39, 0.29) is 35.7 Å². The predicted octanol–water partition coefficient (Wildman–Crippen LogP) is 2.43. The van der Waals surface area contributed by atoms with Crippen LogP contribution in [0.5, 0.6) is 0 Å². The molecule has 1 unspecified atom stereocenters. The number of carbonyl (C=O) groups is 1. The van der Waals surface area contributed by atoms with Crippen LogP contribution in [0.2, 0.25) is 0 Å². The zero-order valence-electron chi connectivity index (χ0n) is 16.2. The Morgan fingerprint density at radius 1 is 1.48 bits per heavy atom. The van der Waals surface area contributed by atoms with Crippen LogP contribution in [0.25, 0.3) is 0 Å². The first-order valence-corrected chi connectivity index (χ1v) is 9.20. The number of primary amides is 1. The van der Waals surface area contributed by atoms with Crippen LogP contribution in [-0.4, -0.2) is 57.0 Å². The molecule has 152 valence electrons. The molecule has 1 aliphatic rings. The van der Waals surface area contributed by atoms with Crippen molar-refractivity contribution < 1.29 is 9.18 Å². The number of rotatable bonds is 7. The third-order valence-corrected chi connectivity index (χ3v) is 4.72. The Kier molecular flexibility index (Phi) is 10.4. The predicted molar refractivity (Wildman–Crippen MR) is 119 cm³/mol. The summed E-state index contributed by atoms with van der Waals surface area (Å²) in [5.41, 5.74) is 6.20. The molecule has 8 heteroatoms. The number of aliphatic imine (C=N–C) groups is 1. The second kappa shape index (κ2) is 12.0. The van der Waals surface area contributed by atoms with Crippen LogP contribution >= 0.6 is 24.0 Å². The van der Waals surface area contributed by atoms with Crippen LogP contribution in [0, 0.1) is 11.7 Å². The summed E-state index contributed by atoms with van der Waals surface area (Å²) < 4.78 is 13.3. The van der Waals surface area contributed by atoms with Gasteiger partial charge < -0.3 is 20.9 Å². The van der Waals surface area contributed by atoms with E-state index in [1.807, 2.05) is 18.0 Å². The molecule has 0 radical (unpaired) electrons. The lowest BCUT2D eigenvalue weighted by Gasteiger charge is -2.34. The fraction of sp³-hybridized carbons (Fsp3) is 0.579. The summed E-state index contributed by atoms with van der Waals surface area (Å²) >= 11 is 0. The number of halogens is 2. The molecule has 0 spiro atoms. The number of hydrogen-bond acceptors (Lipinski definition) is 3. The molecule has 0 bridgehead atoms. The van der Waals surface area contributed by atoms with E-state index in [1.165, 1.54) is 6.07 Å². The minimum absolute atomic E-state index is 0. The minimum atomic E-state index is -0.236. The monoisotopic (exact) mass is 491 g/mol. The van der Waals surface area contributed by atoms with Crippen LogP contribution in [0.3, 0.4) is 0 Å². The van der Waals surface area contributed by atoms with E-state index in [0.717, 1.165) is 57.1 Å². The summed E-state index contributed by atoms with van der Waals surface area (Å²) in [5.74, 6) is 0.718. The highest BCUT2D eigenvalue weighted by Crippen LogP contribution is 2.19. The van der Waals surface area contributed by atoms with Crippen molar-refractivity contribution >= 4 is 41.5 Å². The van der Waals surface area contributed by atoms with Gasteiger partial charge in [-0.05, 0) is 43.4 Å². The van der Waals surface area contributed by atoms with Crippen molar-refractivity contribution in [1.29, 1.82) is 0 Å². The number of nitrogens with one attached hydrogen (secondary N) is 1. The number of amides is 1. The fourth-order valence-corrected chi connectivity index (χ4v) is 3.40. The molecule has 0 aromatic heterocycles. The number of piperidine rings is 1. The largest absolute Gasteiger partial charge is 0.374 e.